The molecule has 160 valence electrons. The number of rotatable bonds is 9. The van der Waals surface area contributed by atoms with Crippen LogP contribution in [0.3, 0.4) is 0 Å². The van der Waals surface area contributed by atoms with Crippen molar-refractivity contribution < 1.29 is 19.1 Å². The minimum Gasteiger partial charge on any atom is -0.493 e. The second-order valence-corrected chi connectivity index (χ2v) is 8.89. The summed E-state index contributed by atoms with van der Waals surface area (Å²) >= 11 is 4.63. The number of thioether (sulfide) groups is 1. The fraction of sp³-hybridized carbons (Fsp3) is 0.364. The maximum Gasteiger partial charge on any atom is 0.234 e. The van der Waals surface area contributed by atoms with Crippen molar-refractivity contribution in [2.24, 2.45) is 0 Å². The quantitative estimate of drug-likeness (QED) is 0.509. The van der Waals surface area contributed by atoms with Gasteiger partial charge in [0.2, 0.25) is 11.8 Å². The van der Waals surface area contributed by atoms with Gasteiger partial charge in [-0.25, -0.2) is 0 Å². The van der Waals surface area contributed by atoms with E-state index in [1.807, 2.05) is 24.3 Å². The van der Waals surface area contributed by atoms with E-state index in [0.717, 1.165) is 17.3 Å². The molecule has 0 atom stereocenters. The van der Waals surface area contributed by atoms with E-state index in [1.165, 1.54) is 24.6 Å². The molecule has 2 amide bonds. The molecule has 1 aliphatic rings. The van der Waals surface area contributed by atoms with Crippen molar-refractivity contribution in [1.82, 2.24) is 0 Å². The lowest BCUT2D eigenvalue weighted by molar-refractivity contribution is -0.114. The van der Waals surface area contributed by atoms with E-state index in [0.29, 0.717) is 22.9 Å². The zero-order valence-corrected chi connectivity index (χ0v) is 19.2. The number of hydrogen-bond acceptors (Lipinski definition) is 5. The van der Waals surface area contributed by atoms with Gasteiger partial charge in [0, 0.05) is 21.9 Å². The third-order valence-corrected chi connectivity index (χ3v) is 6.04. The summed E-state index contributed by atoms with van der Waals surface area (Å²) in [6.07, 6.45) is 4.63. The molecule has 0 unspecified atom stereocenters. The SMILES string of the molecule is COc1ccc(NC(=O)CSCC(=O)Nc2cccc(Br)c2)cc1OC1CCCC1. The predicted octanol–water partition coefficient (Wildman–Crippen LogP) is 5.09. The molecule has 8 heteroatoms. The number of anilines is 2. The van der Waals surface area contributed by atoms with Crippen LogP contribution < -0.4 is 20.1 Å². The van der Waals surface area contributed by atoms with Crippen LogP contribution in [0.25, 0.3) is 0 Å². The van der Waals surface area contributed by atoms with Gasteiger partial charge in [0.25, 0.3) is 0 Å². The Morgan fingerprint density at radius 1 is 1.00 bits per heavy atom. The third-order valence-electron chi connectivity index (χ3n) is 4.62. The topological polar surface area (TPSA) is 76.7 Å². The fourth-order valence-electron chi connectivity index (χ4n) is 3.23. The van der Waals surface area contributed by atoms with Crippen LogP contribution in [0, 0.1) is 0 Å². The molecule has 1 aliphatic carbocycles. The molecule has 3 rings (SSSR count). The average molecular weight is 493 g/mol. The zero-order valence-electron chi connectivity index (χ0n) is 16.8. The molecule has 0 aromatic heterocycles. The molecule has 0 aliphatic heterocycles. The summed E-state index contributed by atoms with van der Waals surface area (Å²) in [7, 11) is 1.60. The van der Waals surface area contributed by atoms with E-state index in [1.54, 1.807) is 25.3 Å². The van der Waals surface area contributed by atoms with E-state index in [-0.39, 0.29) is 29.4 Å². The van der Waals surface area contributed by atoms with Crippen molar-refractivity contribution in [3.8, 4) is 11.5 Å². The maximum atomic E-state index is 12.3. The Morgan fingerprint density at radius 2 is 1.67 bits per heavy atom. The first-order valence-electron chi connectivity index (χ1n) is 9.81. The summed E-state index contributed by atoms with van der Waals surface area (Å²) in [5.74, 6) is 1.34. The number of nitrogens with one attached hydrogen (secondary N) is 2. The van der Waals surface area contributed by atoms with E-state index in [9.17, 15) is 9.59 Å². The highest BCUT2D eigenvalue weighted by molar-refractivity contribution is 9.10. The van der Waals surface area contributed by atoms with Crippen molar-refractivity contribution in [2.75, 3.05) is 29.2 Å². The Labute approximate surface area is 189 Å². The van der Waals surface area contributed by atoms with Gasteiger partial charge in [-0.1, -0.05) is 22.0 Å². The smallest absolute Gasteiger partial charge is 0.234 e. The molecule has 2 aromatic rings. The summed E-state index contributed by atoms with van der Waals surface area (Å²) in [6, 6.07) is 12.7. The number of amides is 2. The van der Waals surface area contributed by atoms with E-state index in [4.69, 9.17) is 9.47 Å². The van der Waals surface area contributed by atoms with Crippen LogP contribution >= 0.6 is 27.7 Å². The standard InChI is InChI=1S/C22H25BrN2O4S/c1-28-19-10-9-17(12-20(19)29-18-7-2-3-8-18)25-22(27)14-30-13-21(26)24-16-6-4-5-15(23)11-16/h4-6,9-12,18H,2-3,7-8,13-14H2,1H3,(H,24,26)(H,25,27). The molecule has 30 heavy (non-hydrogen) atoms. The minimum atomic E-state index is -0.174. The van der Waals surface area contributed by atoms with Crippen molar-refractivity contribution in [2.45, 2.75) is 31.8 Å². The summed E-state index contributed by atoms with van der Waals surface area (Å²) < 4.78 is 12.3. The van der Waals surface area contributed by atoms with Gasteiger partial charge < -0.3 is 20.1 Å². The van der Waals surface area contributed by atoms with Crippen molar-refractivity contribution >= 4 is 50.9 Å². The first kappa shape index (κ1) is 22.5. The highest BCUT2D eigenvalue weighted by Crippen LogP contribution is 2.34. The molecule has 0 bridgehead atoms. The Hall–Kier alpha value is -2.19. The summed E-state index contributed by atoms with van der Waals surface area (Å²) in [6.45, 7) is 0. The van der Waals surface area contributed by atoms with Gasteiger partial charge in [-0.2, -0.15) is 0 Å². The first-order valence-corrected chi connectivity index (χ1v) is 11.8. The van der Waals surface area contributed by atoms with Crippen LogP contribution in [-0.4, -0.2) is 36.5 Å². The number of hydrogen-bond donors (Lipinski definition) is 2. The van der Waals surface area contributed by atoms with Crippen LogP contribution in [0.15, 0.2) is 46.9 Å². The Kier molecular flexibility index (Phi) is 8.45. The number of carbonyl (C=O) groups is 2. The molecule has 0 spiro atoms. The normalized spacial score (nSPS) is 13.7. The Bertz CT molecular complexity index is 887. The summed E-state index contributed by atoms with van der Waals surface area (Å²) in [4.78, 5) is 24.3. The first-order chi connectivity index (χ1) is 14.5. The van der Waals surface area contributed by atoms with Crippen molar-refractivity contribution in [3.05, 3.63) is 46.9 Å². The lowest BCUT2D eigenvalue weighted by atomic mass is 10.2. The largest absolute Gasteiger partial charge is 0.493 e. The van der Waals surface area contributed by atoms with Crippen LogP contribution in [0.5, 0.6) is 11.5 Å². The molecule has 2 N–H and O–H groups in total. The molecular formula is C22H25BrN2O4S. The second kappa shape index (κ2) is 11.3. The molecule has 0 saturated heterocycles. The van der Waals surface area contributed by atoms with E-state index >= 15 is 0 Å². The van der Waals surface area contributed by atoms with Gasteiger partial charge in [-0.05, 0) is 56.0 Å². The lowest BCUT2D eigenvalue weighted by Gasteiger charge is -2.17. The Balaban J connectivity index is 1.46. The van der Waals surface area contributed by atoms with Gasteiger partial charge in [0.1, 0.15) is 0 Å². The summed E-state index contributed by atoms with van der Waals surface area (Å²) in [5.41, 5.74) is 1.36. The van der Waals surface area contributed by atoms with E-state index in [2.05, 4.69) is 26.6 Å². The van der Waals surface area contributed by atoms with Crippen molar-refractivity contribution in [1.29, 1.82) is 0 Å². The maximum absolute atomic E-state index is 12.3. The zero-order chi connectivity index (χ0) is 21.3. The molecule has 1 fully saturated rings. The van der Waals surface area contributed by atoms with Crippen LogP contribution in [-0.2, 0) is 9.59 Å². The number of ether oxygens (including phenoxy) is 2. The lowest BCUT2D eigenvalue weighted by Crippen LogP contribution is -2.18. The average Bonchev–Trinajstić information content (AvgIpc) is 3.21. The van der Waals surface area contributed by atoms with Gasteiger partial charge in [-0.3, -0.25) is 9.59 Å². The minimum absolute atomic E-state index is 0.150. The molecule has 6 nitrogen and oxygen atoms in total. The van der Waals surface area contributed by atoms with Crippen LogP contribution in [0.4, 0.5) is 11.4 Å². The van der Waals surface area contributed by atoms with Crippen LogP contribution in [0.1, 0.15) is 25.7 Å². The fourth-order valence-corrected chi connectivity index (χ4v) is 4.25. The van der Waals surface area contributed by atoms with Gasteiger partial charge in [-0.15, -0.1) is 11.8 Å². The highest BCUT2D eigenvalue weighted by atomic mass is 79.9. The second-order valence-electron chi connectivity index (χ2n) is 6.99. The van der Waals surface area contributed by atoms with Gasteiger partial charge in [0.05, 0.1) is 24.7 Å². The molecule has 2 aromatic carbocycles. The van der Waals surface area contributed by atoms with Crippen molar-refractivity contribution in [3.63, 3.8) is 0 Å². The number of benzene rings is 2. The number of carbonyl (C=O) groups excluding carboxylic acids is 2. The van der Waals surface area contributed by atoms with E-state index < -0.39 is 0 Å². The number of methoxy groups -OCH3 is 1. The highest BCUT2D eigenvalue weighted by Gasteiger charge is 2.19. The number of halogens is 1. The molecule has 0 heterocycles. The third kappa shape index (κ3) is 6.95. The molecule has 1 saturated carbocycles. The molecule has 0 radical (unpaired) electrons. The van der Waals surface area contributed by atoms with Gasteiger partial charge >= 0.3 is 0 Å². The monoisotopic (exact) mass is 492 g/mol. The van der Waals surface area contributed by atoms with Gasteiger partial charge in [0.15, 0.2) is 11.5 Å². The molecular weight excluding hydrogens is 468 g/mol. The van der Waals surface area contributed by atoms with Crippen LogP contribution in [0.2, 0.25) is 0 Å². The summed E-state index contributed by atoms with van der Waals surface area (Å²) in [5, 5.41) is 5.66. The Morgan fingerprint density at radius 3 is 2.30 bits per heavy atom. The predicted molar refractivity (Wildman–Crippen MR) is 125 cm³/mol.